The van der Waals surface area contributed by atoms with Crippen LogP contribution in [-0.4, -0.2) is 25.3 Å². The molecule has 0 spiro atoms. The van der Waals surface area contributed by atoms with Gasteiger partial charge in [0, 0.05) is 0 Å². The van der Waals surface area contributed by atoms with Crippen molar-refractivity contribution in [3.05, 3.63) is 71.8 Å². The summed E-state index contributed by atoms with van der Waals surface area (Å²) < 4.78 is 11.6. The highest BCUT2D eigenvalue weighted by Gasteiger charge is 2.08. The molecule has 0 aromatic heterocycles. The number of rotatable bonds is 12. The van der Waals surface area contributed by atoms with E-state index in [-0.39, 0.29) is 12.3 Å². The average Bonchev–Trinajstić information content (AvgIpc) is 2.80. The van der Waals surface area contributed by atoms with Crippen LogP contribution in [-0.2, 0) is 11.2 Å². The molecule has 0 aliphatic rings. The molecule has 0 fully saturated rings. The summed E-state index contributed by atoms with van der Waals surface area (Å²) in [6.07, 6.45) is 6.53. The summed E-state index contributed by atoms with van der Waals surface area (Å²) in [5, 5.41) is 6.33. The fourth-order valence-corrected chi connectivity index (χ4v) is 3.54. The Hall–Kier alpha value is -3.34. The van der Waals surface area contributed by atoms with Crippen molar-refractivity contribution in [1.82, 2.24) is 5.43 Å². The minimum Gasteiger partial charge on any atom is -0.490 e. The zero-order chi connectivity index (χ0) is 22.6. The molecule has 0 saturated carbocycles. The number of carbonyl (C=O) groups is 1. The van der Waals surface area contributed by atoms with E-state index < -0.39 is 0 Å². The molecule has 0 heterocycles. The fraction of sp³-hybridized carbons (Fsp3) is 0.333. The average molecular weight is 433 g/mol. The van der Waals surface area contributed by atoms with E-state index >= 15 is 0 Å². The van der Waals surface area contributed by atoms with Crippen molar-refractivity contribution in [3.63, 3.8) is 0 Å². The lowest BCUT2D eigenvalue weighted by Crippen LogP contribution is -2.19. The molecular weight excluding hydrogens is 400 g/mol. The van der Waals surface area contributed by atoms with Crippen LogP contribution in [0.5, 0.6) is 11.5 Å². The van der Waals surface area contributed by atoms with Crippen LogP contribution in [0.15, 0.2) is 65.8 Å². The van der Waals surface area contributed by atoms with Gasteiger partial charge in [-0.2, -0.15) is 5.10 Å². The Labute approximate surface area is 190 Å². The van der Waals surface area contributed by atoms with Crippen LogP contribution < -0.4 is 14.9 Å². The Morgan fingerprint density at radius 3 is 2.62 bits per heavy atom. The maximum atomic E-state index is 12.4. The molecule has 0 aliphatic carbocycles. The van der Waals surface area contributed by atoms with Crippen molar-refractivity contribution in [2.45, 2.75) is 46.0 Å². The van der Waals surface area contributed by atoms with Gasteiger partial charge in [0.15, 0.2) is 11.5 Å². The van der Waals surface area contributed by atoms with Gasteiger partial charge in [0.25, 0.3) is 0 Å². The molecule has 5 nitrogen and oxygen atoms in total. The minimum atomic E-state index is -0.158. The van der Waals surface area contributed by atoms with Crippen molar-refractivity contribution in [1.29, 1.82) is 0 Å². The highest BCUT2D eigenvalue weighted by molar-refractivity contribution is 5.90. The van der Waals surface area contributed by atoms with Gasteiger partial charge in [0.05, 0.1) is 25.8 Å². The zero-order valence-electron chi connectivity index (χ0n) is 19.0. The molecule has 0 radical (unpaired) electrons. The van der Waals surface area contributed by atoms with Gasteiger partial charge in [0.1, 0.15) is 0 Å². The van der Waals surface area contributed by atoms with Gasteiger partial charge in [-0.3, -0.25) is 4.79 Å². The van der Waals surface area contributed by atoms with Crippen LogP contribution in [0.1, 0.15) is 50.7 Å². The van der Waals surface area contributed by atoms with E-state index in [4.69, 9.17) is 9.47 Å². The molecule has 0 unspecified atom stereocenters. The summed E-state index contributed by atoms with van der Waals surface area (Å²) in [7, 11) is 0. The van der Waals surface area contributed by atoms with Gasteiger partial charge in [0.2, 0.25) is 5.91 Å². The van der Waals surface area contributed by atoms with Crippen LogP contribution in [0.4, 0.5) is 0 Å². The Morgan fingerprint density at radius 2 is 1.78 bits per heavy atom. The molecule has 0 bridgehead atoms. The maximum Gasteiger partial charge on any atom is 0.244 e. The third kappa shape index (κ3) is 6.84. The lowest BCUT2D eigenvalue weighted by atomic mass is 10.0. The summed E-state index contributed by atoms with van der Waals surface area (Å²) >= 11 is 0. The molecule has 5 heteroatoms. The molecule has 168 valence electrons. The van der Waals surface area contributed by atoms with Crippen molar-refractivity contribution < 1.29 is 14.3 Å². The number of nitrogens with one attached hydrogen (secondary N) is 1. The Balaban J connectivity index is 1.57. The Bertz CT molecular complexity index is 1040. The minimum absolute atomic E-state index is 0.158. The number of benzene rings is 3. The quantitative estimate of drug-likeness (QED) is 0.220. The highest BCUT2D eigenvalue weighted by Crippen LogP contribution is 2.28. The first-order valence-electron chi connectivity index (χ1n) is 11.4. The molecule has 3 rings (SSSR count). The van der Waals surface area contributed by atoms with E-state index in [1.54, 1.807) is 6.21 Å². The number of hydrogen-bond acceptors (Lipinski definition) is 4. The molecule has 0 aliphatic heterocycles. The van der Waals surface area contributed by atoms with Gasteiger partial charge in [-0.1, -0.05) is 68.7 Å². The van der Waals surface area contributed by atoms with Crippen molar-refractivity contribution in [2.75, 3.05) is 13.2 Å². The van der Waals surface area contributed by atoms with Crippen LogP contribution in [0.3, 0.4) is 0 Å². The maximum absolute atomic E-state index is 12.4. The van der Waals surface area contributed by atoms with E-state index in [1.807, 2.05) is 67.6 Å². The number of hydrazone groups is 1. The first-order valence-corrected chi connectivity index (χ1v) is 11.4. The number of unbranched alkanes of at least 4 members (excludes halogenated alkanes) is 3. The van der Waals surface area contributed by atoms with E-state index in [2.05, 4.69) is 17.5 Å². The van der Waals surface area contributed by atoms with Gasteiger partial charge < -0.3 is 9.47 Å². The first kappa shape index (κ1) is 23.3. The molecule has 0 atom stereocenters. The summed E-state index contributed by atoms with van der Waals surface area (Å²) in [6.45, 7) is 5.37. The molecule has 1 amide bonds. The van der Waals surface area contributed by atoms with Crippen molar-refractivity contribution in [3.8, 4) is 11.5 Å². The van der Waals surface area contributed by atoms with Gasteiger partial charge >= 0.3 is 0 Å². The predicted octanol–water partition coefficient (Wildman–Crippen LogP) is 5.89. The lowest BCUT2D eigenvalue weighted by molar-refractivity contribution is -0.120. The normalized spacial score (nSPS) is 11.1. The van der Waals surface area contributed by atoms with Gasteiger partial charge in [-0.15, -0.1) is 0 Å². The van der Waals surface area contributed by atoms with Gasteiger partial charge in [-0.05, 0) is 53.4 Å². The number of nitrogens with zero attached hydrogens (tertiary/aromatic N) is 1. The van der Waals surface area contributed by atoms with Gasteiger partial charge in [-0.25, -0.2) is 5.43 Å². The second kappa shape index (κ2) is 12.5. The smallest absolute Gasteiger partial charge is 0.244 e. The second-order valence-electron chi connectivity index (χ2n) is 7.66. The first-order chi connectivity index (χ1) is 15.7. The molecule has 32 heavy (non-hydrogen) atoms. The predicted molar refractivity (Wildman–Crippen MR) is 131 cm³/mol. The fourth-order valence-electron chi connectivity index (χ4n) is 3.54. The Morgan fingerprint density at radius 1 is 0.938 bits per heavy atom. The Kier molecular flexibility index (Phi) is 9.11. The van der Waals surface area contributed by atoms with Crippen molar-refractivity contribution in [2.24, 2.45) is 5.10 Å². The third-order valence-electron chi connectivity index (χ3n) is 5.16. The molecule has 3 aromatic carbocycles. The van der Waals surface area contributed by atoms with E-state index in [0.29, 0.717) is 19.0 Å². The zero-order valence-corrected chi connectivity index (χ0v) is 19.0. The number of ether oxygens (including phenoxy) is 2. The summed E-state index contributed by atoms with van der Waals surface area (Å²) in [5.74, 6) is 1.27. The third-order valence-corrected chi connectivity index (χ3v) is 5.16. The van der Waals surface area contributed by atoms with E-state index in [1.165, 1.54) is 19.3 Å². The number of carbonyl (C=O) groups excluding carboxylic acids is 1. The lowest BCUT2D eigenvalue weighted by Gasteiger charge is -2.12. The summed E-state index contributed by atoms with van der Waals surface area (Å²) in [6, 6.07) is 19.7. The number of fused-ring (bicyclic) bond motifs is 1. The SMILES string of the molecule is CCCCCCOc1ccc(/C=N/NC(=O)Cc2cccc3ccccc23)cc1OCC. The molecule has 1 N–H and O–H groups in total. The van der Waals surface area contributed by atoms with E-state index in [0.717, 1.165) is 34.1 Å². The molecule has 3 aromatic rings. The summed E-state index contributed by atoms with van der Waals surface area (Å²) in [5.41, 5.74) is 4.43. The summed E-state index contributed by atoms with van der Waals surface area (Å²) in [4.78, 5) is 12.4. The van der Waals surface area contributed by atoms with Crippen LogP contribution in [0, 0.1) is 0 Å². The largest absolute Gasteiger partial charge is 0.490 e. The van der Waals surface area contributed by atoms with Crippen LogP contribution in [0.2, 0.25) is 0 Å². The van der Waals surface area contributed by atoms with E-state index in [9.17, 15) is 4.79 Å². The molecular formula is C27H32N2O3. The molecule has 0 saturated heterocycles. The topological polar surface area (TPSA) is 59.9 Å². The van der Waals surface area contributed by atoms with Crippen molar-refractivity contribution >= 4 is 22.9 Å². The number of amides is 1. The second-order valence-corrected chi connectivity index (χ2v) is 7.66. The standard InChI is InChI=1S/C27H32N2O3/c1-3-5-6-9-17-32-25-16-15-21(18-26(25)31-4-2)20-28-29-27(30)19-23-13-10-12-22-11-7-8-14-24(22)23/h7-8,10-16,18,20H,3-6,9,17,19H2,1-2H3,(H,29,30)/b28-20+. The number of hydrogen-bond donors (Lipinski definition) is 1. The van der Waals surface area contributed by atoms with Crippen LogP contribution in [0.25, 0.3) is 10.8 Å². The monoisotopic (exact) mass is 432 g/mol. The van der Waals surface area contributed by atoms with Crippen LogP contribution >= 0.6 is 0 Å². The highest BCUT2D eigenvalue weighted by atomic mass is 16.5.